The molecule has 33 heavy (non-hydrogen) atoms. The maximum absolute atomic E-state index is 13.8. The molecule has 4 rings (SSSR count). The van der Waals surface area contributed by atoms with Gasteiger partial charge in [-0.2, -0.15) is 5.10 Å². The van der Waals surface area contributed by atoms with Crippen molar-refractivity contribution in [3.63, 3.8) is 0 Å². The predicted octanol–water partition coefficient (Wildman–Crippen LogP) is 4.84. The summed E-state index contributed by atoms with van der Waals surface area (Å²) >= 11 is 5.97. The second-order valence-electron chi connectivity index (χ2n) is 7.82. The van der Waals surface area contributed by atoms with E-state index in [-0.39, 0.29) is 29.3 Å². The number of anilines is 1. The second-order valence-corrected chi connectivity index (χ2v) is 8.22. The number of rotatable bonds is 5. The van der Waals surface area contributed by atoms with E-state index in [4.69, 9.17) is 11.6 Å². The van der Waals surface area contributed by atoms with Crippen LogP contribution in [0.5, 0.6) is 0 Å². The van der Waals surface area contributed by atoms with Gasteiger partial charge >= 0.3 is 0 Å². The van der Waals surface area contributed by atoms with E-state index < -0.39 is 11.6 Å². The minimum absolute atomic E-state index is 0.0341. The van der Waals surface area contributed by atoms with Crippen LogP contribution in [0.3, 0.4) is 0 Å². The number of aromatic nitrogens is 3. The highest BCUT2D eigenvalue weighted by molar-refractivity contribution is 6.33. The lowest BCUT2D eigenvalue weighted by Gasteiger charge is -2.13. The number of carbonyl (C=O) groups excluding carboxylic acids is 1. The van der Waals surface area contributed by atoms with Crippen LogP contribution < -0.4 is 10.9 Å². The Balaban J connectivity index is 1.67. The van der Waals surface area contributed by atoms with Gasteiger partial charge in [0.1, 0.15) is 17.3 Å². The Morgan fingerprint density at radius 3 is 2.55 bits per heavy atom. The summed E-state index contributed by atoms with van der Waals surface area (Å²) in [7, 11) is 1.63. The van der Waals surface area contributed by atoms with Gasteiger partial charge in [0.15, 0.2) is 0 Å². The Hall–Kier alpha value is -3.52. The van der Waals surface area contributed by atoms with Crippen LogP contribution in [0.1, 0.15) is 23.2 Å². The standard InChI is InChI=1S/C24H21ClF2N4O2/c1-13-18(8-10-21(32)28-20-9-7-16(27)12-19(20)25)24(33)30(3)23-22(13)14(2)29-31(23)17-6-4-5-15(26)11-17/h4-7,9,11-12H,8,10H2,1-3H3,(H,28,32). The monoisotopic (exact) mass is 470 g/mol. The number of nitrogens with zero attached hydrogens (tertiary/aromatic N) is 3. The molecule has 4 aromatic rings. The van der Waals surface area contributed by atoms with E-state index in [1.165, 1.54) is 28.8 Å². The molecule has 0 fully saturated rings. The van der Waals surface area contributed by atoms with Crippen molar-refractivity contribution in [1.29, 1.82) is 0 Å². The molecule has 170 valence electrons. The van der Waals surface area contributed by atoms with E-state index in [1.54, 1.807) is 23.9 Å². The molecule has 1 amide bonds. The number of halogens is 3. The van der Waals surface area contributed by atoms with Gasteiger partial charge in [-0.25, -0.2) is 13.5 Å². The Kier molecular flexibility index (Phi) is 6.03. The topological polar surface area (TPSA) is 68.9 Å². The summed E-state index contributed by atoms with van der Waals surface area (Å²) in [5.41, 5.74) is 3.00. The molecule has 0 spiro atoms. The minimum atomic E-state index is -0.500. The fraction of sp³-hybridized carbons (Fsp3) is 0.208. The summed E-state index contributed by atoms with van der Waals surface area (Å²) in [6, 6.07) is 9.69. The third-order valence-corrected chi connectivity index (χ3v) is 5.92. The quantitative estimate of drug-likeness (QED) is 0.453. The van der Waals surface area contributed by atoms with E-state index in [0.29, 0.717) is 28.3 Å². The van der Waals surface area contributed by atoms with E-state index in [9.17, 15) is 18.4 Å². The lowest BCUT2D eigenvalue weighted by molar-refractivity contribution is -0.116. The smallest absolute Gasteiger partial charge is 0.255 e. The largest absolute Gasteiger partial charge is 0.325 e. The first-order chi connectivity index (χ1) is 15.7. The van der Waals surface area contributed by atoms with Gasteiger partial charge < -0.3 is 5.32 Å². The van der Waals surface area contributed by atoms with Crippen molar-refractivity contribution in [2.45, 2.75) is 26.7 Å². The number of benzene rings is 2. The lowest BCUT2D eigenvalue weighted by atomic mass is 10.0. The van der Waals surface area contributed by atoms with E-state index >= 15 is 0 Å². The Labute approximate surface area is 193 Å². The molecular weight excluding hydrogens is 450 g/mol. The molecule has 0 unspecified atom stereocenters. The van der Waals surface area contributed by atoms with Crippen molar-refractivity contribution >= 4 is 34.2 Å². The molecule has 0 saturated heterocycles. The van der Waals surface area contributed by atoms with Gasteiger partial charge in [0.05, 0.1) is 22.1 Å². The summed E-state index contributed by atoms with van der Waals surface area (Å²) in [6.45, 7) is 3.64. The fourth-order valence-electron chi connectivity index (χ4n) is 4.00. The van der Waals surface area contributed by atoms with Crippen molar-refractivity contribution < 1.29 is 13.6 Å². The van der Waals surface area contributed by atoms with Gasteiger partial charge in [-0.05, 0) is 62.2 Å². The molecule has 1 N–H and O–H groups in total. The number of aryl methyl sites for hydroxylation is 3. The molecule has 2 aromatic heterocycles. The highest BCUT2D eigenvalue weighted by Gasteiger charge is 2.20. The van der Waals surface area contributed by atoms with Crippen LogP contribution in [0.15, 0.2) is 47.3 Å². The Morgan fingerprint density at radius 2 is 1.85 bits per heavy atom. The average molecular weight is 471 g/mol. The summed E-state index contributed by atoms with van der Waals surface area (Å²) in [5.74, 6) is -1.25. The number of carbonyl (C=O) groups is 1. The SMILES string of the molecule is Cc1nn(-c2cccc(F)c2)c2c1c(C)c(CCC(=O)Nc1ccc(F)cc1Cl)c(=O)n2C. The first-order valence-electron chi connectivity index (χ1n) is 10.3. The lowest BCUT2D eigenvalue weighted by Crippen LogP contribution is -2.25. The molecule has 0 aliphatic carbocycles. The van der Waals surface area contributed by atoms with E-state index in [1.807, 2.05) is 13.8 Å². The number of hydrogen-bond donors (Lipinski definition) is 1. The highest BCUT2D eigenvalue weighted by Crippen LogP contribution is 2.26. The maximum Gasteiger partial charge on any atom is 0.255 e. The molecular formula is C24H21ClF2N4O2. The van der Waals surface area contributed by atoms with Crippen LogP contribution in [0.25, 0.3) is 16.7 Å². The first-order valence-corrected chi connectivity index (χ1v) is 10.6. The number of nitrogens with one attached hydrogen (secondary N) is 1. The van der Waals surface area contributed by atoms with Crippen LogP contribution in [0.2, 0.25) is 5.02 Å². The highest BCUT2D eigenvalue weighted by atomic mass is 35.5. The van der Waals surface area contributed by atoms with Crippen LogP contribution >= 0.6 is 11.6 Å². The van der Waals surface area contributed by atoms with Gasteiger partial charge in [-0.15, -0.1) is 0 Å². The van der Waals surface area contributed by atoms with Gasteiger partial charge in [0, 0.05) is 24.4 Å². The molecule has 0 aliphatic heterocycles. The van der Waals surface area contributed by atoms with Crippen molar-refractivity contribution in [2.75, 3.05) is 5.32 Å². The molecule has 2 heterocycles. The molecule has 6 nitrogen and oxygen atoms in total. The number of amides is 1. The van der Waals surface area contributed by atoms with Crippen molar-refractivity contribution in [2.24, 2.45) is 7.05 Å². The average Bonchev–Trinajstić information content (AvgIpc) is 3.11. The van der Waals surface area contributed by atoms with Crippen molar-refractivity contribution in [3.8, 4) is 5.69 Å². The minimum Gasteiger partial charge on any atom is -0.325 e. The molecule has 0 aliphatic rings. The van der Waals surface area contributed by atoms with Crippen molar-refractivity contribution in [1.82, 2.24) is 14.3 Å². The fourth-order valence-corrected chi connectivity index (χ4v) is 4.21. The summed E-state index contributed by atoms with van der Waals surface area (Å²) in [4.78, 5) is 25.6. The molecule has 2 aromatic carbocycles. The van der Waals surface area contributed by atoms with Gasteiger partial charge in [-0.3, -0.25) is 14.2 Å². The van der Waals surface area contributed by atoms with E-state index in [2.05, 4.69) is 10.4 Å². The van der Waals surface area contributed by atoms with Crippen LogP contribution in [-0.4, -0.2) is 20.3 Å². The van der Waals surface area contributed by atoms with Crippen LogP contribution in [0.4, 0.5) is 14.5 Å². The summed E-state index contributed by atoms with van der Waals surface area (Å²) in [6.07, 6.45) is 0.232. The Bertz CT molecular complexity index is 1460. The number of fused-ring (bicyclic) bond motifs is 1. The molecule has 0 bridgehead atoms. The van der Waals surface area contributed by atoms with Crippen molar-refractivity contribution in [3.05, 3.63) is 86.3 Å². The summed E-state index contributed by atoms with van der Waals surface area (Å²) < 4.78 is 30.0. The Morgan fingerprint density at radius 1 is 1.12 bits per heavy atom. The normalized spacial score (nSPS) is 11.2. The zero-order valence-corrected chi connectivity index (χ0v) is 19.0. The molecule has 0 saturated carbocycles. The molecule has 9 heteroatoms. The van der Waals surface area contributed by atoms with Crippen LogP contribution in [-0.2, 0) is 18.3 Å². The zero-order chi connectivity index (χ0) is 23.9. The third-order valence-electron chi connectivity index (χ3n) is 5.60. The molecule has 0 radical (unpaired) electrons. The third kappa shape index (κ3) is 4.26. The number of hydrogen-bond acceptors (Lipinski definition) is 3. The predicted molar refractivity (Wildman–Crippen MR) is 124 cm³/mol. The second kappa shape index (κ2) is 8.78. The van der Waals surface area contributed by atoms with E-state index in [0.717, 1.165) is 17.0 Å². The van der Waals surface area contributed by atoms with Gasteiger partial charge in [0.2, 0.25) is 5.91 Å². The zero-order valence-electron chi connectivity index (χ0n) is 18.2. The number of pyridine rings is 1. The first kappa shape index (κ1) is 22.7. The summed E-state index contributed by atoms with van der Waals surface area (Å²) in [5, 5.41) is 8.05. The molecule has 0 atom stereocenters. The van der Waals surface area contributed by atoms with Gasteiger partial charge in [-0.1, -0.05) is 17.7 Å². The van der Waals surface area contributed by atoms with Crippen LogP contribution in [0, 0.1) is 25.5 Å². The maximum atomic E-state index is 13.8. The van der Waals surface area contributed by atoms with Gasteiger partial charge in [0.25, 0.3) is 5.56 Å².